The number of thioether (sulfide) groups is 1. The minimum Gasteiger partial charge on any atom is -0.480 e. The lowest BCUT2D eigenvalue weighted by atomic mass is 9.88. The maximum Gasteiger partial charge on any atom is 0.407 e. The minimum absolute atomic E-state index is 0.0330. The molecule has 1 atom stereocenters. The molecule has 2 aliphatic rings. The van der Waals surface area contributed by atoms with Crippen molar-refractivity contribution in [2.45, 2.75) is 56.5 Å². The summed E-state index contributed by atoms with van der Waals surface area (Å²) in [5, 5.41) is 15.0. The molecule has 7 nitrogen and oxygen atoms in total. The maximum absolute atomic E-state index is 12.9. The van der Waals surface area contributed by atoms with E-state index < -0.39 is 23.6 Å². The van der Waals surface area contributed by atoms with Crippen molar-refractivity contribution in [2.75, 3.05) is 18.1 Å². The van der Waals surface area contributed by atoms with Crippen LogP contribution >= 0.6 is 11.8 Å². The number of rotatable bonds is 9. The van der Waals surface area contributed by atoms with Gasteiger partial charge in [0.25, 0.3) is 0 Å². The second-order valence-corrected chi connectivity index (χ2v) is 10.5. The van der Waals surface area contributed by atoms with Crippen molar-refractivity contribution in [2.24, 2.45) is 0 Å². The summed E-state index contributed by atoms with van der Waals surface area (Å²) in [6, 6.07) is 15.4. The van der Waals surface area contributed by atoms with Crippen LogP contribution in [-0.4, -0.2) is 52.8 Å². The fraction of sp³-hybridized carbons (Fsp3) is 0.444. The molecule has 1 heterocycles. The highest BCUT2D eigenvalue weighted by atomic mass is 32.2. The molecule has 0 spiro atoms. The van der Waals surface area contributed by atoms with E-state index in [1.807, 2.05) is 31.2 Å². The second-order valence-electron chi connectivity index (χ2n) is 9.27. The van der Waals surface area contributed by atoms with Gasteiger partial charge in [-0.2, -0.15) is 11.8 Å². The quantitative estimate of drug-likeness (QED) is 0.470. The number of benzene rings is 2. The van der Waals surface area contributed by atoms with Gasteiger partial charge >= 0.3 is 12.1 Å². The number of amides is 2. The van der Waals surface area contributed by atoms with Crippen LogP contribution in [0.5, 0.6) is 0 Å². The predicted octanol–water partition coefficient (Wildman–Crippen LogP) is 4.55. The zero-order chi connectivity index (χ0) is 24.8. The Morgan fingerprint density at radius 3 is 2.23 bits per heavy atom. The van der Waals surface area contributed by atoms with E-state index in [4.69, 9.17) is 4.74 Å². The largest absolute Gasteiger partial charge is 0.480 e. The third-order valence-electron chi connectivity index (χ3n) is 6.87. The van der Waals surface area contributed by atoms with Gasteiger partial charge in [0, 0.05) is 12.3 Å². The number of carboxylic acids is 1. The Balaban J connectivity index is 1.41. The predicted molar refractivity (Wildman–Crippen MR) is 137 cm³/mol. The van der Waals surface area contributed by atoms with Gasteiger partial charge in [-0.3, -0.25) is 4.79 Å². The fourth-order valence-electron chi connectivity index (χ4n) is 5.06. The number of fused-ring (bicyclic) bond motifs is 3. The Hall–Kier alpha value is -3.00. The molecule has 1 fully saturated rings. The van der Waals surface area contributed by atoms with Gasteiger partial charge in [0.15, 0.2) is 0 Å². The van der Waals surface area contributed by atoms with Gasteiger partial charge in [0.2, 0.25) is 5.91 Å². The molecule has 8 heteroatoms. The van der Waals surface area contributed by atoms with Gasteiger partial charge in [-0.15, -0.1) is 0 Å². The average Bonchev–Trinajstić information content (AvgIpc) is 3.16. The summed E-state index contributed by atoms with van der Waals surface area (Å²) in [6.07, 6.45) is 1.75. The lowest BCUT2D eigenvalue weighted by Crippen LogP contribution is -2.54. The number of carbonyl (C=O) groups is 3. The van der Waals surface area contributed by atoms with Crippen molar-refractivity contribution in [3.63, 3.8) is 0 Å². The van der Waals surface area contributed by atoms with E-state index in [1.165, 1.54) is 0 Å². The van der Waals surface area contributed by atoms with Crippen molar-refractivity contribution in [3.05, 3.63) is 59.7 Å². The molecule has 0 unspecified atom stereocenters. The van der Waals surface area contributed by atoms with Gasteiger partial charge in [-0.25, -0.2) is 9.59 Å². The van der Waals surface area contributed by atoms with Crippen molar-refractivity contribution in [1.82, 2.24) is 10.6 Å². The lowest BCUT2D eigenvalue weighted by molar-refractivity contribution is -0.142. The number of ether oxygens (including phenoxy) is 1. The molecular weight excluding hydrogens is 464 g/mol. The Morgan fingerprint density at radius 1 is 1.06 bits per heavy atom. The standard InChI is InChI=1S/C27H32N2O5S/c1-2-7-23(25(31)32)28-24(30)16-27(12-14-35-15-13-27)29-26(33)34-17-22-20-10-5-3-8-18(20)19-9-4-6-11-21(19)22/h3-6,8-11,22-23H,2,7,12-17H2,1H3,(H,28,30)(H,29,33)(H,31,32)/t23-/m1/s1. The van der Waals surface area contributed by atoms with Crippen molar-refractivity contribution < 1.29 is 24.2 Å². The molecule has 0 aromatic heterocycles. The average molecular weight is 497 g/mol. The van der Waals surface area contributed by atoms with Gasteiger partial charge in [-0.05, 0) is 53.0 Å². The summed E-state index contributed by atoms with van der Waals surface area (Å²) in [5.41, 5.74) is 3.86. The Morgan fingerprint density at radius 2 is 1.66 bits per heavy atom. The molecule has 186 valence electrons. The van der Waals surface area contributed by atoms with E-state index in [1.54, 1.807) is 11.8 Å². The second kappa shape index (κ2) is 11.2. The molecule has 2 aromatic rings. The van der Waals surface area contributed by atoms with Crippen LogP contribution in [0.4, 0.5) is 4.79 Å². The smallest absolute Gasteiger partial charge is 0.407 e. The van der Waals surface area contributed by atoms with Crippen LogP contribution in [0.1, 0.15) is 56.1 Å². The zero-order valence-electron chi connectivity index (χ0n) is 19.9. The van der Waals surface area contributed by atoms with Crippen LogP contribution in [0.25, 0.3) is 11.1 Å². The first kappa shape index (κ1) is 25.1. The van der Waals surface area contributed by atoms with Crippen LogP contribution in [-0.2, 0) is 14.3 Å². The van der Waals surface area contributed by atoms with Crippen LogP contribution in [0.3, 0.4) is 0 Å². The highest BCUT2D eigenvalue weighted by Crippen LogP contribution is 2.44. The summed E-state index contributed by atoms with van der Waals surface area (Å²) >= 11 is 1.78. The van der Waals surface area contributed by atoms with Crippen LogP contribution in [0.2, 0.25) is 0 Å². The van der Waals surface area contributed by atoms with E-state index in [9.17, 15) is 19.5 Å². The normalized spacial score (nSPS) is 17.1. The summed E-state index contributed by atoms with van der Waals surface area (Å²) in [6.45, 7) is 2.08. The number of carbonyl (C=O) groups excluding carboxylic acids is 2. The number of hydrogen-bond donors (Lipinski definition) is 3. The zero-order valence-corrected chi connectivity index (χ0v) is 20.7. The highest BCUT2D eigenvalue weighted by Gasteiger charge is 2.38. The van der Waals surface area contributed by atoms with Crippen molar-refractivity contribution in [1.29, 1.82) is 0 Å². The van der Waals surface area contributed by atoms with E-state index in [-0.39, 0.29) is 24.9 Å². The fourth-order valence-corrected chi connectivity index (χ4v) is 6.33. The molecule has 0 saturated carbocycles. The van der Waals surface area contributed by atoms with E-state index in [0.29, 0.717) is 25.7 Å². The third-order valence-corrected chi connectivity index (χ3v) is 7.86. The van der Waals surface area contributed by atoms with Gasteiger partial charge in [0.05, 0.1) is 5.54 Å². The van der Waals surface area contributed by atoms with Crippen molar-refractivity contribution in [3.8, 4) is 11.1 Å². The third kappa shape index (κ3) is 5.81. The van der Waals surface area contributed by atoms with Crippen molar-refractivity contribution >= 4 is 29.7 Å². The van der Waals surface area contributed by atoms with E-state index in [0.717, 1.165) is 33.8 Å². The van der Waals surface area contributed by atoms with E-state index >= 15 is 0 Å². The number of hydrogen-bond acceptors (Lipinski definition) is 5. The van der Waals surface area contributed by atoms with E-state index in [2.05, 4.69) is 34.9 Å². The molecule has 2 amide bonds. The lowest BCUT2D eigenvalue weighted by Gasteiger charge is -2.37. The molecule has 4 rings (SSSR count). The molecule has 1 saturated heterocycles. The highest BCUT2D eigenvalue weighted by molar-refractivity contribution is 7.99. The first-order valence-electron chi connectivity index (χ1n) is 12.2. The summed E-state index contributed by atoms with van der Waals surface area (Å²) < 4.78 is 5.72. The summed E-state index contributed by atoms with van der Waals surface area (Å²) in [7, 11) is 0. The summed E-state index contributed by atoms with van der Waals surface area (Å²) in [5.74, 6) is 0.178. The number of carboxylic acid groups (broad SMARTS) is 1. The van der Waals surface area contributed by atoms with Gasteiger partial charge in [0.1, 0.15) is 12.6 Å². The number of aliphatic carboxylic acids is 1. The first-order chi connectivity index (χ1) is 16.9. The molecule has 0 bridgehead atoms. The maximum atomic E-state index is 12.9. The van der Waals surface area contributed by atoms with Crippen LogP contribution < -0.4 is 10.6 Å². The Bertz CT molecular complexity index is 1040. The SMILES string of the molecule is CCC[C@@H](NC(=O)CC1(NC(=O)OCC2c3ccccc3-c3ccccc32)CCSCC1)C(=O)O. The Labute approximate surface area is 210 Å². The number of alkyl carbamates (subject to hydrolysis) is 1. The van der Waals surface area contributed by atoms with Gasteiger partial charge < -0.3 is 20.5 Å². The topological polar surface area (TPSA) is 105 Å². The minimum atomic E-state index is -1.04. The monoisotopic (exact) mass is 496 g/mol. The molecule has 35 heavy (non-hydrogen) atoms. The molecule has 0 radical (unpaired) electrons. The van der Waals surface area contributed by atoms with Crippen LogP contribution in [0.15, 0.2) is 48.5 Å². The number of nitrogens with one attached hydrogen (secondary N) is 2. The van der Waals surface area contributed by atoms with Gasteiger partial charge in [-0.1, -0.05) is 61.9 Å². The summed E-state index contributed by atoms with van der Waals surface area (Å²) in [4.78, 5) is 37.2. The molecule has 1 aliphatic carbocycles. The molecule has 1 aliphatic heterocycles. The first-order valence-corrected chi connectivity index (χ1v) is 13.3. The Kier molecular flexibility index (Phi) is 8.00. The molecular formula is C27H32N2O5S. The van der Waals surface area contributed by atoms with Crippen LogP contribution in [0, 0.1) is 0 Å². The molecule has 2 aromatic carbocycles. The molecule has 3 N–H and O–H groups in total.